The molecule has 204 valence electrons. The standard InChI is InChI=1S/C24H40N4O8/c1-18(2)27-24(32)20(15-19-3-5-21(29)6-4-19)16-22(30)28-36-14-13-34-10-8-26-23(31)17-35-12-11-33-9-7-25/h3-6,18,20,29H,7-17,25H2,1-2H3,(H,26,31)(H,27,32)(H,28,30)/t20-/m1/s1. The van der Waals surface area contributed by atoms with E-state index in [0.717, 1.165) is 5.56 Å². The highest BCUT2D eigenvalue weighted by atomic mass is 16.7. The number of nitrogens with one attached hydrogen (secondary N) is 3. The highest BCUT2D eigenvalue weighted by molar-refractivity contribution is 5.85. The highest BCUT2D eigenvalue weighted by Crippen LogP contribution is 2.16. The van der Waals surface area contributed by atoms with Gasteiger partial charge in [-0.15, -0.1) is 0 Å². The van der Waals surface area contributed by atoms with Crippen LogP contribution in [0.5, 0.6) is 5.75 Å². The first-order valence-electron chi connectivity index (χ1n) is 12.0. The molecule has 0 bridgehead atoms. The van der Waals surface area contributed by atoms with Crippen molar-refractivity contribution in [1.82, 2.24) is 16.1 Å². The molecule has 36 heavy (non-hydrogen) atoms. The fourth-order valence-electron chi connectivity index (χ4n) is 2.96. The van der Waals surface area contributed by atoms with E-state index in [1.165, 1.54) is 12.1 Å². The predicted octanol–water partition coefficient (Wildman–Crippen LogP) is -0.362. The van der Waals surface area contributed by atoms with E-state index < -0.39 is 11.8 Å². The van der Waals surface area contributed by atoms with Crippen LogP contribution in [0.15, 0.2) is 24.3 Å². The minimum atomic E-state index is -0.595. The van der Waals surface area contributed by atoms with E-state index in [-0.39, 0.29) is 56.5 Å². The van der Waals surface area contributed by atoms with Crippen LogP contribution in [0, 0.1) is 5.92 Å². The van der Waals surface area contributed by atoms with E-state index in [2.05, 4.69) is 16.1 Å². The van der Waals surface area contributed by atoms with Gasteiger partial charge in [-0.1, -0.05) is 12.1 Å². The van der Waals surface area contributed by atoms with Gasteiger partial charge in [-0.3, -0.25) is 19.2 Å². The zero-order chi connectivity index (χ0) is 26.6. The van der Waals surface area contributed by atoms with Crippen LogP contribution in [-0.4, -0.2) is 88.2 Å². The molecule has 6 N–H and O–H groups in total. The lowest BCUT2D eigenvalue weighted by Gasteiger charge is -2.18. The summed E-state index contributed by atoms with van der Waals surface area (Å²) in [6.07, 6.45) is 0.279. The number of phenols is 1. The van der Waals surface area contributed by atoms with Crippen LogP contribution in [0.2, 0.25) is 0 Å². The predicted molar refractivity (Wildman–Crippen MR) is 132 cm³/mol. The van der Waals surface area contributed by atoms with Crippen molar-refractivity contribution in [1.29, 1.82) is 0 Å². The second-order valence-electron chi connectivity index (χ2n) is 8.22. The number of rotatable bonds is 20. The van der Waals surface area contributed by atoms with Gasteiger partial charge >= 0.3 is 0 Å². The van der Waals surface area contributed by atoms with Crippen molar-refractivity contribution < 1.29 is 38.5 Å². The number of aromatic hydroxyl groups is 1. The van der Waals surface area contributed by atoms with Gasteiger partial charge in [-0.2, -0.15) is 0 Å². The number of hydrogen-bond acceptors (Lipinski definition) is 9. The Labute approximate surface area is 212 Å². The third kappa shape index (κ3) is 16.0. The van der Waals surface area contributed by atoms with Crippen molar-refractivity contribution in [2.24, 2.45) is 11.7 Å². The quantitative estimate of drug-likeness (QED) is 0.116. The van der Waals surface area contributed by atoms with E-state index >= 15 is 0 Å². The van der Waals surface area contributed by atoms with Crippen LogP contribution in [-0.2, 0) is 39.9 Å². The Bertz CT molecular complexity index is 761. The molecule has 0 saturated heterocycles. The SMILES string of the molecule is CC(C)NC(=O)[C@@H](CC(=O)NOCCOCCNC(=O)COCCOCCN)Cc1ccc(O)cc1. The number of benzene rings is 1. The molecule has 12 nitrogen and oxygen atoms in total. The lowest BCUT2D eigenvalue weighted by Crippen LogP contribution is -2.39. The maximum atomic E-state index is 12.5. The number of carbonyl (C=O) groups is 3. The molecule has 0 unspecified atom stereocenters. The monoisotopic (exact) mass is 512 g/mol. The molecule has 0 heterocycles. The summed E-state index contributed by atoms with van der Waals surface area (Å²) in [5.74, 6) is -1.39. The lowest BCUT2D eigenvalue weighted by atomic mass is 9.94. The molecule has 0 aromatic heterocycles. The van der Waals surface area contributed by atoms with Crippen molar-refractivity contribution in [2.45, 2.75) is 32.7 Å². The summed E-state index contributed by atoms with van der Waals surface area (Å²) in [5, 5.41) is 14.9. The van der Waals surface area contributed by atoms with Crippen LogP contribution in [0.25, 0.3) is 0 Å². The second-order valence-corrected chi connectivity index (χ2v) is 8.22. The highest BCUT2D eigenvalue weighted by Gasteiger charge is 2.23. The van der Waals surface area contributed by atoms with Crippen molar-refractivity contribution in [3.63, 3.8) is 0 Å². The summed E-state index contributed by atoms with van der Waals surface area (Å²) in [6.45, 7) is 6.11. The van der Waals surface area contributed by atoms with Crippen LogP contribution in [0.1, 0.15) is 25.8 Å². The van der Waals surface area contributed by atoms with E-state index in [0.29, 0.717) is 39.3 Å². The Morgan fingerprint density at radius 1 is 0.917 bits per heavy atom. The molecule has 3 amide bonds. The van der Waals surface area contributed by atoms with Crippen LogP contribution < -0.4 is 21.8 Å². The maximum absolute atomic E-state index is 12.5. The molecule has 0 aliphatic rings. The molecule has 12 heteroatoms. The van der Waals surface area contributed by atoms with Crippen LogP contribution in [0.4, 0.5) is 0 Å². The fourth-order valence-corrected chi connectivity index (χ4v) is 2.96. The number of hydroxylamine groups is 1. The maximum Gasteiger partial charge on any atom is 0.246 e. The average Bonchev–Trinajstić information content (AvgIpc) is 2.83. The number of phenolic OH excluding ortho intramolecular Hbond substituents is 1. The lowest BCUT2D eigenvalue weighted by molar-refractivity contribution is -0.139. The first kappa shape index (κ1) is 31.3. The van der Waals surface area contributed by atoms with Crippen molar-refractivity contribution >= 4 is 17.7 Å². The fraction of sp³-hybridized carbons (Fsp3) is 0.625. The summed E-state index contributed by atoms with van der Waals surface area (Å²) >= 11 is 0. The largest absolute Gasteiger partial charge is 0.508 e. The number of hydrogen-bond donors (Lipinski definition) is 5. The first-order valence-corrected chi connectivity index (χ1v) is 12.0. The molecule has 1 aromatic rings. The van der Waals surface area contributed by atoms with Gasteiger partial charge in [0.15, 0.2) is 0 Å². The number of carbonyl (C=O) groups excluding carboxylic acids is 3. The molecule has 1 rings (SSSR count). The summed E-state index contributed by atoms with van der Waals surface area (Å²) in [6, 6.07) is 6.44. The zero-order valence-corrected chi connectivity index (χ0v) is 21.1. The molecular formula is C24H40N4O8. The molecule has 0 spiro atoms. The smallest absolute Gasteiger partial charge is 0.246 e. The Balaban J connectivity index is 2.18. The molecule has 1 aromatic carbocycles. The van der Waals surface area contributed by atoms with Crippen LogP contribution in [0.3, 0.4) is 0 Å². The normalized spacial score (nSPS) is 11.8. The Kier molecular flexibility index (Phi) is 16.9. The van der Waals surface area contributed by atoms with E-state index in [9.17, 15) is 19.5 Å². The molecule has 0 radical (unpaired) electrons. The van der Waals surface area contributed by atoms with Gasteiger partial charge in [0.1, 0.15) is 12.4 Å². The van der Waals surface area contributed by atoms with Gasteiger partial charge in [-0.05, 0) is 38.0 Å². The minimum absolute atomic E-state index is 0.0605. The van der Waals surface area contributed by atoms with Gasteiger partial charge in [0.05, 0.1) is 45.6 Å². The van der Waals surface area contributed by atoms with Gasteiger partial charge < -0.3 is 35.7 Å². The summed E-state index contributed by atoms with van der Waals surface area (Å²) < 4.78 is 15.6. The Morgan fingerprint density at radius 3 is 2.28 bits per heavy atom. The third-order valence-electron chi connectivity index (χ3n) is 4.60. The van der Waals surface area contributed by atoms with Gasteiger partial charge in [-0.25, -0.2) is 5.48 Å². The molecule has 0 aliphatic carbocycles. The summed E-state index contributed by atoms with van der Waals surface area (Å²) in [7, 11) is 0. The minimum Gasteiger partial charge on any atom is -0.508 e. The molecule has 0 fully saturated rings. The van der Waals surface area contributed by atoms with Crippen molar-refractivity contribution in [3.05, 3.63) is 29.8 Å². The third-order valence-corrected chi connectivity index (χ3v) is 4.60. The molecule has 1 atom stereocenters. The van der Waals surface area contributed by atoms with Gasteiger partial charge in [0.2, 0.25) is 17.7 Å². The van der Waals surface area contributed by atoms with Gasteiger partial charge in [0, 0.05) is 25.6 Å². The molecular weight excluding hydrogens is 472 g/mol. The summed E-state index contributed by atoms with van der Waals surface area (Å²) in [5.41, 5.74) is 8.44. The molecule has 0 saturated carbocycles. The number of amides is 3. The second kappa shape index (κ2) is 19.4. The number of ether oxygens (including phenoxy) is 3. The Morgan fingerprint density at radius 2 is 1.58 bits per heavy atom. The van der Waals surface area contributed by atoms with Crippen molar-refractivity contribution in [2.75, 3.05) is 59.3 Å². The van der Waals surface area contributed by atoms with Crippen molar-refractivity contribution in [3.8, 4) is 5.75 Å². The van der Waals surface area contributed by atoms with E-state index in [1.807, 2.05) is 13.8 Å². The van der Waals surface area contributed by atoms with Crippen LogP contribution >= 0.6 is 0 Å². The van der Waals surface area contributed by atoms with Gasteiger partial charge in [0.25, 0.3) is 0 Å². The van der Waals surface area contributed by atoms with E-state index in [4.69, 9.17) is 24.8 Å². The topological polar surface area (TPSA) is 170 Å². The zero-order valence-electron chi connectivity index (χ0n) is 21.1. The Hall–Kier alpha value is -2.77. The first-order chi connectivity index (χ1) is 17.3. The number of nitrogens with two attached hydrogens (primary N) is 1. The van der Waals surface area contributed by atoms with E-state index in [1.54, 1.807) is 12.1 Å². The summed E-state index contributed by atoms with van der Waals surface area (Å²) in [4.78, 5) is 41.6. The average molecular weight is 513 g/mol. The molecule has 0 aliphatic heterocycles.